The molecule has 0 amide bonds. The average molecular weight is 210 g/mol. The second-order valence-electron chi connectivity index (χ2n) is 3.28. The molecule has 14 heavy (non-hydrogen) atoms. The number of aryl methyl sites for hydroxylation is 1. The minimum absolute atomic E-state index is 0.318. The lowest BCUT2D eigenvalue weighted by atomic mass is 10.2. The molecule has 0 aliphatic carbocycles. The highest BCUT2D eigenvalue weighted by Crippen LogP contribution is 2.23. The third-order valence-corrected chi connectivity index (χ3v) is 3.27. The summed E-state index contributed by atoms with van der Waals surface area (Å²) >= 11 is 0. The minimum Gasteiger partial charge on any atom is -0.345 e. The molecule has 0 aromatic carbocycles. The molecule has 0 bridgehead atoms. The highest BCUT2D eigenvalue weighted by Gasteiger charge is 2.15. The highest BCUT2D eigenvalue weighted by molar-refractivity contribution is 7.91. The van der Waals surface area contributed by atoms with E-state index in [0.717, 1.165) is 5.56 Å². The zero-order chi connectivity index (χ0) is 10.3. The fourth-order valence-electron chi connectivity index (χ4n) is 1.48. The van der Waals surface area contributed by atoms with Crippen molar-refractivity contribution in [3.8, 4) is 0 Å². The molecule has 74 valence electrons. The molecule has 0 saturated heterocycles. The Bertz CT molecular complexity index is 584. The minimum atomic E-state index is -3.18. The molecule has 2 aromatic heterocycles. The lowest BCUT2D eigenvalue weighted by Gasteiger charge is -1.98. The fourth-order valence-corrected chi connectivity index (χ4v) is 2.38. The van der Waals surface area contributed by atoms with Gasteiger partial charge >= 0.3 is 0 Å². The number of sulfone groups is 1. The van der Waals surface area contributed by atoms with Crippen LogP contribution < -0.4 is 0 Å². The summed E-state index contributed by atoms with van der Waals surface area (Å²) in [4.78, 5) is 7.22. The first-order chi connectivity index (χ1) is 6.50. The first kappa shape index (κ1) is 9.21. The Hall–Kier alpha value is -1.36. The number of nitrogens with one attached hydrogen (secondary N) is 1. The Balaban J connectivity index is 2.94. The van der Waals surface area contributed by atoms with Crippen LogP contribution in [0.15, 0.2) is 23.4 Å². The van der Waals surface area contributed by atoms with Crippen LogP contribution in [0.3, 0.4) is 0 Å². The molecule has 0 radical (unpaired) electrons. The molecule has 5 heteroatoms. The van der Waals surface area contributed by atoms with Gasteiger partial charge < -0.3 is 4.98 Å². The highest BCUT2D eigenvalue weighted by atomic mass is 32.2. The maximum Gasteiger partial charge on any atom is 0.177 e. The smallest absolute Gasteiger partial charge is 0.177 e. The van der Waals surface area contributed by atoms with Gasteiger partial charge in [0.1, 0.15) is 5.65 Å². The van der Waals surface area contributed by atoms with E-state index in [2.05, 4.69) is 9.97 Å². The number of hydrogen-bond acceptors (Lipinski definition) is 3. The monoisotopic (exact) mass is 210 g/mol. The van der Waals surface area contributed by atoms with E-state index in [-0.39, 0.29) is 0 Å². The molecule has 0 unspecified atom stereocenters. The fraction of sp³-hybridized carbons (Fsp3) is 0.222. The number of aromatic nitrogens is 2. The molecule has 4 nitrogen and oxygen atoms in total. The number of pyridine rings is 1. The van der Waals surface area contributed by atoms with Crippen LogP contribution in [0, 0.1) is 6.92 Å². The molecule has 2 rings (SSSR count). The molecule has 0 aliphatic rings. The predicted octanol–water partition coefficient (Wildman–Crippen LogP) is 1.27. The molecule has 0 atom stereocenters. The van der Waals surface area contributed by atoms with Gasteiger partial charge in [0.05, 0.1) is 4.90 Å². The van der Waals surface area contributed by atoms with Crippen molar-refractivity contribution in [2.75, 3.05) is 6.26 Å². The zero-order valence-electron chi connectivity index (χ0n) is 7.90. The molecule has 2 heterocycles. The van der Waals surface area contributed by atoms with Gasteiger partial charge in [-0.3, -0.25) is 0 Å². The largest absolute Gasteiger partial charge is 0.345 e. The van der Waals surface area contributed by atoms with Crippen LogP contribution in [0.4, 0.5) is 0 Å². The van der Waals surface area contributed by atoms with Crippen molar-refractivity contribution in [2.45, 2.75) is 11.8 Å². The lowest BCUT2D eigenvalue weighted by molar-refractivity contribution is 0.602. The van der Waals surface area contributed by atoms with Crippen molar-refractivity contribution >= 4 is 20.9 Å². The quantitative estimate of drug-likeness (QED) is 0.771. The Kier molecular flexibility index (Phi) is 1.85. The van der Waals surface area contributed by atoms with Gasteiger partial charge in [-0.15, -0.1) is 0 Å². The molecule has 0 aliphatic heterocycles. The first-order valence-corrected chi connectivity index (χ1v) is 6.02. The van der Waals surface area contributed by atoms with Gasteiger partial charge in [-0.05, 0) is 18.6 Å². The predicted molar refractivity (Wildman–Crippen MR) is 53.9 cm³/mol. The number of nitrogens with zero attached hydrogens (tertiary/aromatic N) is 1. The number of aromatic amines is 1. The standard InChI is InChI=1S/C9H10N2O2S/c1-6-3-4-10-9-8(6)7(5-11-9)14(2,12)13/h3-5H,1-2H3,(H,10,11). The van der Waals surface area contributed by atoms with Gasteiger partial charge in [0.2, 0.25) is 0 Å². The van der Waals surface area contributed by atoms with Crippen molar-refractivity contribution in [1.29, 1.82) is 0 Å². The summed E-state index contributed by atoms with van der Waals surface area (Å²) in [6.45, 7) is 1.87. The van der Waals surface area contributed by atoms with E-state index in [4.69, 9.17) is 0 Å². The summed E-state index contributed by atoms with van der Waals surface area (Å²) in [6.07, 6.45) is 4.34. The summed E-state index contributed by atoms with van der Waals surface area (Å²) in [7, 11) is -3.18. The number of rotatable bonds is 1. The average Bonchev–Trinajstić information content (AvgIpc) is 2.47. The lowest BCUT2D eigenvalue weighted by Crippen LogP contribution is -1.96. The van der Waals surface area contributed by atoms with Gasteiger partial charge in [-0.25, -0.2) is 13.4 Å². The Morgan fingerprint density at radius 1 is 1.43 bits per heavy atom. The second-order valence-corrected chi connectivity index (χ2v) is 5.26. The van der Waals surface area contributed by atoms with Crippen LogP contribution in [0.1, 0.15) is 5.56 Å². The maximum atomic E-state index is 11.4. The number of hydrogen-bond donors (Lipinski definition) is 1. The zero-order valence-corrected chi connectivity index (χ0v) is 8.72. The van der Waals surface area contributed by atoms with Gasteiger partial charge in [0.25, 0.3) is 0 Å². The van der Waals surface area contributed by atoms with Crippen molar-refractivity contribution in [3.63, 3.8) is 0 Å². The Morgan fingerprint density at radius 2 is 2.14 bits per heavy atom. The molecular weight excluding hydrogens is 200 g/mol. The van der Waals surface area contributed by atoms with Gasteiger partial charge in [0, 0.05) is 24.0 Å². The second kappa shape index (κ2) is 2.81. The van der Waals surface area contributed by atoms with Crippen molar-refractivity contribution in [1.82, 2.24) is 9.97 Å². The summed E-state index contributed by atoms with van der Waals surface area (Å²) in [6, 6.07) is 1.80. The summed E-state index contributed by atoms with van der Waals surface area (Å²) in [5.74, 6) is 0. The van der Waals surface area contributed by atoms with Crippen LogP contribution in [0.25, 0.3) is 11.0 Å². The van der Waals surface area contributed by atoms with E-state index in [1.54, 1.807) is 12.3 Å². The van der Waals surface area contributed by atoms with Gasteiger partial charge in [0.15, 0.2) is 9.84 Å². The summed E-state index contributed by atoms with van der Waals surface area (Å²) in [5, 5.41) is 0.690. The third kappa shape index (κ3) is 1.29. The van der Waals surface area contributed by atoms with Crippen LogP contribution in [0.2, 0.25) is 0 Å². The van der Waals surface area contributed by atoms with Crippen LogP contribution in [-0.2, 0) is 9.84 Å². The van der Waals surface area contributed by atoms with E-state index < -0.39 is 9.84 Å². The molecular formula is C9H10N2O2S. The molecule has 1 N–H and O–H groups in total. The van der Waals surface area contributed by atoms with Crippen LogP contribution in [0.5, 0.6) is 0 Å². The molecule has 0 saturated carbocycles. The first-order valence-electron chi connectivity index (χ1n) is 4.13. The number of H-pyrrole nitrogens is 1. The van der Waals surface area contributed by atoms with Gasteiger partial charge in [-0.1, -0.05) is 0 Å². The van der Waals surface area contributed by atoms with E-state index in [9.17, 15) is 8.42 Å². The van der Waals surface area contributed by atoms with E-state index in [0.29, 0.717) is 15.9 Å². The topological polar surface area (TPSA) is 62.8 Å². The summed E-state index contributed by atoms with van der Waals surface area (Å²) < 4.78 is 22.8. The van der Waals surface area contributed by atoms with Crippen LogP contribution in [-0.4, -0.2) is 24.6 Å². The van der Waals surface area contributed by atoms with E-state index in [1.165, 1.54) is 12.5 Å². The maximum absolute atomic E-state index is 11.4. The summed E-state index contributed by atoms with van der Waals surface area (Å²) in [5.41, 5.74) is 1.53. The molecule has 0 fully saturated rings. The SMILES string of the molecule is Cc1ccnc2[nH]cc(S(C)(=O)=O)c12. The van der Waals surface area contributed by atoms with Crippen molar-refractivity contribution in [3.05, 3.63) is 24.0 Å². The normalized spacial score (nSPS) is 12.1. The Labute approximate surface area is 81.9 Å². The molecule has 2 aromatic rings. The third-order valence-electron chi connectivity index (χ3n) is 2.15. The Morgan fingerprint density at radius 3 is 2.79 bits per heavy atom. The van der Waals surface area contributed by atoms with Gasteiger partial charge in [-0.2, -0.15) is 0 Å². The van der Waals surface area contributed by atoms with Crippen molar-refractivity contribution < 1.29 is 8.42 Å². The van der Waals surface area contributed by atoms with Crippen molar-refractivity contribution in [2.24, 2.45) is 0 Å². The number of fused-ring (bicyclic) bond motifs is 1. The van der Waals surface area contributed by atoms with E-state index >= 15 is 0 Å². The molecule has 0 spiro atoms. The van der Waals surface area contributed by atoms with Crippen LogP contribution >= 0.6 is 0 Å². The van der Waals surface area contributed by atoms with E-state index in [1.807, 2.05) is 6.92 Å².